The molecule has 0 aliphatic heterocycles. The summed E-state index contributed by atoms with van der Waals surface area (Å²) in [6.45, 7) is 2.09. The molecular formula is C10H16N4O3. The van der Waals surface area contributed by atoms with Gasteiger partial charge in [0.2, 0.25) is 0 Å². The molecule has 0 fully saturated rings. The number of urea groups is 1. The molecule has 1 rings (SSSR count). The van der Waals surface area contributed by atoms with Gasteiger partial charge in [-0.05, 0) is 0 Å². The molecule has 1 aromatic rings. The summed E-state index contributed by atoms with van der Waals surface area (Å²) in [6, 6.07) is -0.371. The highest BCUT2D eigenvalue weighted by molar-refractivity contribution is 5.75. The molecule has 7 nitrogen and oxygen atoms in total. The fraction of sp³-hybridized carbons (Fsp3) is 0.500. The van der Waals surface area contributed by atoms with Crippen LogP contribution < -0.4 is 10.6 Å². The van der Waals surface area contributed by atoms with Gasteiger partial charge in [-0.2, -0.15) is 0 Å². The summed E-state index contributed by atoms with van der Waals surface area (Å²) in [6.07, 6.45) is 3.96. The van der Waals surface area contributed by atoms with E-state index < -0.39 is 11.9 Å². The highest BCUT2D eigenvalue weighted by Gasteiger charge is 2.11. The first-order valence-electron chi connectivity index (χ1n) is 5.32. The van der Waals surface area contributed by atoms with Crippen LogP contribution in [0.4, 0.5) is 4.79 Å². The van der Waals surface area contributed by atoms with Crippen LogP contribution >= 0.6 is 0 Å². The van der Waals surface area contributed by atoms with E-state index in [1.807, 2.05) is 0 Å². The number of rotatable bonds is 6. The predicted molar refractivity (Wildman–Crippen MR) is 60.5 cm³/mol. The number of carbonyl (C=O) groups is 2. The molecule has 2 amide bonds. The summed E-state index contributed by atoms with van der Waals surface area (Å²) < 4.78 is 0. The average molecular weight is 240 g/mol. The molecule has 0 bridgehead atoms. The van der Waals surface area contributed by atoms with Crippen molar-refractivity contribution in [2.24, 2.45) is 5.92 Å². The molecule has 0 saturated carbocycles. The maximum Gasteiger partial charge on any atom is 0.314 e. The van der Waals surface area contributed by atoms with Crippen molar-refractivity contribution in [3.8, 4) is 0 Å². The van der Waals surface area contributed by atoms with E-state index in [0.29, 0.717) is 13.0 Å². The first-order chi connectivity index (χ1) is 8.09. The summed E-state index contributed by atoms with van der Waals surface area (Å²) in [5, 5.41) is 13.7. The Bertz CT molecular complexity index is 364. The molecule has 0 aliphatic rings. The van der Waals surface area contributed by atoms with Gasteiger partial charge in [-0.1, -0.05) is 6.92 Å². The van der Waals surface area contributed by atoms with Gasteiger partial charge in [0.25, 0.3) is 0 Å². The van der Waals surface area contributed by atoms with E-state index in [1.165, 1.54) is 6.92 Å². The molecule has 17 heavy (non-hydrogen) atoms. The lowest BCUT2D eigenvalue weighted by Crippen LogP contribution is -2.40. The third kappa shape index (κ3) is 5.01. The van der Waals surface area contributed by atoms with Crippen LogP contribution in [-0.4, -0.2) is 40.2 Å². The van der Waals surface area contributed by atoms with Crippen molar-refractivity contribution in [2.45, 2.75) is 13.3 Å². The number of aliphatic carboxylic acids is 1. The third-order valence-electron chi connectivity index (χ3n) is 2.19. The number of amides is 2. The molecule has 0 aromatic carbocycles. The number of carboxylic acid groups (broad SMARTS) is 1. The molecule has 1 unspecified atom stereocenters. The van der Waals surface area contributed by atoms with Crippen LogP contribution in [0.15, 0.2) is 12.4 Å². The van der Waals surface area contributed by atoms with Crippen molar-refractivity contribution >= 4 is 12.0 Å². The van der Waals surface area contributed by atoms with Crippen molar-refractivity contribution in [1.29, 1.82) is 0 Å². The number of aromatic amines is 1. The van der Waals surface area contributed by atoms with Gasteiger partial charge in [0.1, 0.15) is 5.82 Å². The molecule has 0 aliphatic carbocycles. The van der Waals surface area contributed by atoms with Gasteiger partial charge in [0, 0.05) is 31.9 Å². The van der Waals surface area contributed by atoms with E-state index >= 15 is 0 Å². The molecule has 0 saturated heterocycles. The average Bonchev–Trinajstić information content (AvgIpc) is 2.78. The molecule has 1 heterocycles. The fourth-order valence-electron chi connectivity index (χ4n) is 1.12. The largest absolute Gasteiger partial charge is 0.481 e. The zero-order valence-electron chi connectivity index (χ0n) is 9.56. The van der Waals surface area contributed by atoms with Crippen molar-refractivity contribution in [2.75, 3.05) is 13.1 Å². The van der Waals surface area contributed by atoms with Crippen LogP contribution in [0.2, 0.25) is 0 Å². The number of nitrogens with one attached hydrogen (secondary N) is 3. The summed E-state index contributed by atoms with van der Waals surface area (Å²) in [5.74, 6) is -0.726. The number of carboxylic acids is 1. The maximum atomic E-state index is 11.3. The van der Waals surface area contributed by atoms with Gasteiger partial charge in [0.05, 0.1) is 5.92 Å². The first-order valence-corrected chi connectivity index (χ1v) is 5.32. The van der Waals surface area contributed by atoms with Crippen LogP contribution in [0.5, 0.6) is 0 Å². The van der Waals surface area contributed by atoms with Gasteiger partial charge in [-0.25, -0.2) is 9.78 Å². The topological polar surface area (TPSA) is 107 Å². The minimum Gasteiger partial charge on any atom is -0.481 e. The Morgan fingerprint density at radius 2 is 2.29 bits per heavy atom. The van der Waals surface area contributed by atoms with E-state index in [4.69, 9.17) is 5.11 Å². The Labute approximate surface area is 98.6 Å². The second-order valence-corrected chi connectivity index (χ2v) is 3.66. The molecule has 4 N–H and O–H groups in total. The number of H-pyrrole nitrogens is 1. The van der Waals surface area contributed by atoms with E-state index in [1.54, 1.807) is 12.4 Å². The number of hydrogen-bond donors (Lipinski definition) is 4. The van der Waals surface area contributed by atoms with Gasteiger partial charge in [-0.3, -0.25) is 4.79 Å². The lowest BCUT2D eigenvalue weighted by Gasteiger charge is -2.09. The van der Waals surface area contributed by atoms with Crippen LogP contribution in [-0.2, 0) is 11.2 Å². The first kappa shape index (κ1) is 13.0. The highest BCUT2D eigenvalue weighted by atomic mass is 16.4. The maximum absolute atomic E-state index is 11.3. The minimum absolute atomic E-state index is 0.113. The summed E-state index contributed by atoms with van der Waals surface area (Å²) in [4.78, 5) is 28.7. The van der Waals surface area contributed by atoms with Gasteiger partial charge in [-0.15, -0.1) is 0 Å². The summed E-state index contributed by atoms with van der Waals surface area (Å²) in [5.41, 5.74) is 0. The number of imidazole rings is 1. The van der Waals surface area contributed by atoms with Crippen molar-refractivity contribution in [1.82, 2.24) is 20.6 Å². The van der Waals surface area contributed by atoms with Gasteiger partial charge in [0.15, 0.2) is 0 Å². The van der Waals surface area contributed by atoms with Crippen LogP contribution in [0.3, 0.4) is 0 Å². The third-order valence-corrected chi connectivity index (χ3v) is 2.19. The lowest BCUT2D eigenvalue weighted by atomic mass is 10.2. The zero-order valence-corrected chi connectivity index (χ0v) is 9.56. The normalized spacial score (nSPS) is 11.8. The Balaban J connectivity index is 2.11. The Morgan fingerprint density at radius 1 is 1.53 bits per heavy atom. The molecule has 0 spiro atoms. The fourth-order valence-corrected chi connectivity index (χ4v) is 1.12. The van der Waals surface area contributed by atoms with Crippen LogP contribution in [0, 0.1) is 5.92 Å². The van der Waals surface area contributed by atoms with Crippen molar-refractivity contribution in [3.63, 3.8) is 0 Å². The molecular weight excluding hydrogens is 224 g/mol. The van der Waals surface area contributed by atoms with E-state index in [9.17, 15) is 9.59 Å². The molecule has 1 aromatic heterocycles. The molecule has 1 atom stereocenters. The smallest absolute Gasteiger partial charge is 0.314 e. The number of hydrogen-bond acceptors (Lipinski definition) is 3. The standard InChI is InChI=1S/C10H16N4O3/c1-7(9(15)16)6-14-10(17)13-3-2-8-11-4-5-12-8/h4-5,7H,2-3,6H2,1H3,(H,11,12)(H,15,16)(H2,13,14,17). The monoisotopic (exact) mass is 240 g/mol. The summed E-state index contributed by atoms with van der Waals surface area (Å²) in [7, 11) is 0. The minimum atomic E-state index is -0.930. The number of aromatic nitrogens is 2. The molecule has 94 valence electrons. The Morgan fingerprint density at radius 3 is 2.88 bits per heavy atom. The van der Waals surface area contributed by atoms with Gasteiger partial charge < -0.3 is 20.7 Å². The van der Waals surface area contributed by atoms with E-state index in [2.05, 4.69) is 20.6 Å². The quantitative estimate of drug-likeness (QED) is 0.560. The SMILES string of the molecule is CC(CNC(=O)NCCc1ncc[nH]1)C(=O)O. The van der Waals surface area contributed by atoms with E-state index in [-0.39, 0.29) is 12.6 Å². The zero-order chi connectivity index (χ0) is 12.7. The van der Waals surface area contributed by atoms with Gasteiger partial charge >= 0.3 is 12.0 Å². The second kappa shape index (κ2) is 6.51. The van der Waals surface area contributed by atoms with Crippen molar-refractivity contribution < 1.29 is 14.7 Å². The number of nitrogens with zero attached hydrogens (tertiary/aromatic N) is 1. The van der Waals surface area contributed by atoms with Crippen LogP contribution in [0.25, 0.3) is 0 Å². The molecule has 0 radical (unpaired) electrons. The Hall–Kier alpha value is -2.05. The summed E-state index contributed by atoms with van der Waals surface area (Å²) >= 11 is 0. The Kier molecular flexibility index (Phi) is 4.99. The molecule has 7 heteroatoms. The predicted octanol–water partition coefficient (Wildman–Crippen LogP) is -0.0279. The van der Waals surface area contributed by atoms with E-state index in [0.717, 1.165) is 5.82 Å². The highest BCUT2D eigenvalue weighted by Crippen LogP contribution is 1.91. The lowest BCUT2D eigenvalue weighted by molar-refractivity contribution is -0.140. The van der Waals surface area contributed by atoms with Crippen LogP contribution in [0.1, 0.15) is 12.7 Å². The number of carbonyl (C=O) groups excluding carboxylic acids is 1. The second-order valence-electron chi connectivity index (χ2n) is 3.66. The van der Waals surface area contributed by atoms with Crippen molar-refractivity contribution in [3.05, 3.63) is 18.2 Å².